The summed E-state index contributed by atoms with van der Waals surface area (Å²) >= 11 is 12.0. The van der Waals surface area contributed by atoms with Gasteiger partial charge in [0.05, 0.1) is 0 Å². The molecule has 0 saturated heterocycles. The Morgan fingerprint density at radius 1 is 1.29 bits per heavy atom. The van der Waals surface area contributed by atoms with Crippen molar-refractivity contribution in [2.75, 3.05) is 0 Å². The van der Waals surface area contributed by atoms with Gasteiger partial charge in [-0.05, 0) is 23.1 Å². The van der Waals surface area contributed by atoms with Gasteiger partial charge in [0.25, 0.3) is 0 Å². The van der Waals surface area contributed by atoms with E-state index in [-0.39, 0.29) is 0 Å². The standard InChI is InChI=1S/C11H15Cl2Si/c1-3-9(2)8-10-6-4-5-7-11(10)14(12)13/h4-7,9H,3,8H2,1-2H3. The van der Waals surface area contributed by atoms with Crippen LogP contribution in [0.2, 0.25) is 0 Å². The summed E-state index contributed by atoms with van der Waals surface area (Å²) in [4.78, 5) is 0. The number of hydrogen-bond acceptors (Lipinski definition) is 0. The minimum Gasteiger partial charge on any atom is -0.140 e. The molecule has 1 rings (SSSR count). The summed E-state index contributed by atoms with van der Waals surface area (Å²) in [6, 6.07) is 8.24. The maximum Gasteiger partial charge on any atom is 0.307 e. The predicted octanol–water partition coefficient (Wildman–Crippen LogP) is 3.45. The summed E-state index contributed by atoms with van der Waals surface area (Å²) in [5.41, 5.74) is 1.32. The third-order valence-electron chi connectivity index (χ3n) is 2.49. The number of benzene rings is 1. The Morgan fingerprint density at radius 3 is 2.50 bits per heavy atom. The largest absolute Gasteiger partial charge is 0.307 e. The molecule has 0 spiro atoms. The predicted molar refractivity (Wildman–Crippen MR) is 66.7 cm³/mol. The lowest BCUT2D eigenvalue weighted by molar-refractivity contribution is 0.561. The molecule has 0 nitrogen and oxygen atoms in total. The van der Waals surface area contributed by atoms with Crippen molar-refractivity contribution >= 4 is 34.8 Å². The van der Waals surface area contributed by atoms with Crippen LogP contribution in [0.5, 0.6) is 0 Å². The molecule has 0 aliphatic carbocycles. The second kappa shape index (κ2) is 5.79. The van der Waals surface area contributed by atoms with E-state index < -0.39 is 7.42 Å². The molecular formula is C11H15Cl2Si. The van der Waals surface area contributed by atoms with Crippen molar-refractivity contribution in [2.24, 2.45) is 5.92 Å². The fourth-order valence-corrected chi connectivity index (χ4v) is 3.16. The van der Waals surface area contributed by atoms with Gasteiger partial charge in [0.15, 0.2) is 0 Å². The Hall–Kier alpha value is 0.0169. The third-order valence-corrected chi connectivity index (χ3v) is 4.60. The number of rotatable bonds is 4. The van der Waals surface area contributed by atoms with Crippen LogP contribution in [0.25, 0.3) is 0 Å². The monoisotopic (exact) mass is 245 g/mol. The molecule has 1 aromatic rings. The molecule has 0 aliphatic heterocycles. The smallest absolute Gasteiger partial charge is 0.140 e. The Balaban J connectivity index is 2.84. The first-order valence-electron chi connectivity index (χ1n) is 4.91. The SMILES string of the molecule is CCC(C)Cc1ccccc1[Si](Cl)Cl. The molecule has 0 N–H and O–H groups in total. The number of halogens is 2. The lowest BCUT2D eigenvalue weighted by Crippen LogP contribution is -2.23. The first-order chi connectivity index (χ1) is 6.65. The molecule has 1 atom stereocenters. The van der Waals surface area contributed by atoms with Gasteiger partial charge in [0, 0.05) is 0 Å². The molecule has 1 radical (unpaired) electrons. The van der Waals surface area contributed by atoms with E-state index >= 15 is 0 Å². The van der Waals surface area contributed by atoms with Crippen molar-refractivity contribution in [3.63, 3.8) is 0 Å². The first-order valence-corrected chi connectivity index (χ1v) is 8.43. The van der Waals surface area contributed by atoms with E-state index in [1.807, 2.05) is 12.1 Å². The highest BCUT2D eigenvalue weighted by Gasteiger charge is 2.13. The van der Waals surface area contributed by atoms with Crippen LogP contribution in [0.1, 0.15) is 25.8 Å². The van der Waals surface area contributed by atoms with Crippen LogP contribution in [0, 0.1) is 5.92 Å². The molecule has 1 aromatic carbocycles. The molecule has 3 heteroatoms. The highest BCUT2D eigenvalue weighted by atomic mass is 35.7. The second-order valence-electron chi connectivity index (χ2n) is 3.64. The fourth-order valence-electron chi connectivity index (χ4n) is 1.40. The molecule has 0 fully saturated rings. The Labute approximate surface area is 97.3 Å². The fraction of sp³-hybridized carbons (Fsp3) is 0.455. The van der Waals surface area contributed by atoms with Crippen molar-refractivity contribution in [1.29, 1.82) is 0 Å². The zero-order valence-electron chi connectivity index (χ0n) is 8.56. The summed E-state index contributed by atoms with van der Waals surface area (Å²) in [6.45, 7) is 4.46. The van der Waals surface area contributed by atoms with Gasteiger partial charge in [-0.2, -0.15) is 0 Å². The molecule has 0 saturated carbocycles. The number of hydrogen-bond donors (Lipinski definition) is 0. The molecule has 0 aromatic heterocycles. The van der Waals surface area contributed by atoms with Gasteiger partial charge >= 0.3 is 7.42 Å². The van der Waals surface area contributed by atoms with Crippen LogP contribution < -0.4 is 5.19 Å². The quantitative estimate of drug-likeness (QED) is 0.564. The maximum absolute atomic E-state index is 6.00. The molecule has 14 heavy (non-hydrogen) atoms. The van der Waals surface area contributed by atoms with Crippen molar-refractivity contribution in [3.05, 3.63) is 29.8 Å². The summed E-state index contributed by atoms with van der Waals surface area (Å²) in [5.74, 6) is 0.700. The van der Waals surface area contributed by atoms with Crippen LogP contribution in [0.3, 0.4) is 0 Å². The van der Waals surface area contributed by atoms with Gasteiger partial charge in [-0.3, -0.25) is 0 Å². The Bertz CT molecular complexity index is 286. The average molecular weight is 246 g/mol. The second-order valence-corrected chi connectivity index (χ2v) is 7.54. The van der Waals surface area contributed by atoms with E-state index in [1.165, 1.54) is 12.0 Å². The lowest BCUT2D eigenvalue weighted by atomic mass is 9.99. The van der Waals surface area contributed by atoms with E-state index in [1.54, 1.807) is 0 Å². The zero-order chi connectivity index (χ0) is 10.6. The molecule has 0 bridgehead atoms. The van der Waals surface area contributed by atoms with Gasteiger partial charge in [-0.1, -0.05) is 44.5 Å². The van der Waals surface area contributed by atoms with Crippen LogP contribution in [-0.2, 0) is 6.42 Å². The minimum atomic E-state index is -1.35. The topological polar surface area (TPSA) is 0 Å². The van der Waals surface area contributed by atoms with Crippen molar-refractivity contribution in [1.82, 2.24) is 0 Å². The van der Waals surface area contributed by atoms with Crippen molar-refractivity contribution < 1.29 is 0 Å². The Morgan fingerprint density at radius 2 is 1.93 bits per heavy atom. The van der Waals surface area contributed by atoms with Crippen molar-refractivity contribution in [3.8, 4) is 0 Å². The zero-order valence-corrected chi connectivity index (χ0v) is 11.1. The third kappa shape index (κ3) is 3.30. The normalized spacial score (nSPS) is 13.2. The van der Waals surface area contributed by atoms with Gasteiger partial charge in [-0.25, -0.2) is 0 Å². The average Bonchev–Trinajstić information content (AvgIpc) is 2.18. The summed E-state index contributed by atoms with van der Waals surface area (Å²) in [7, 11) is -1.35. The van der Waals surface area contributed by atoms with Gasteiger partial charge in [0.2, 0.25) is 0 Å². The summed E-state index contributed by atoms with van der Waals surface area (Å²) in [5, 5.41) is 1.15. The van der Waals surface area contributed by atoms with E-state index in [0.717, 1.165) is 11.6 Å². The van der Waals surface area contributed by atoms with Gasteiger partial charge in [-0.15, -0.1) is 22.2 Å². The van der Waals surface area contributed by atoms with E-state index in [9.17, 15) is 0 Å². The van der Waals surface area contributed by atoms with E-state index in [2.05, 4.69) is 26.0 Å². The Kier molecular flexibility index (Phi) is 5.00. The first kappa shape index (κ1) is 12.1. The van der Waals surface area contributed by atoms with Crippen LogP contribution in [0.15, 0.2) is 24.3 Å². The van der Waals surface area contributed by atoms with Crippen LogP contribution >= 0.6 is 22.2 Å². The van der Waals surface area contributed by atoms with Crippen LogP contribution in [-0.4, -0.2) is 7.42 Å². The molecule has 1 unspecified atom stereocenters. The molecule has 0 heterocycles. The highest BCUT2D eigenvalue weighted by molar-refractivity contribution is 7.39. The van der Waals surface area contributed by atoms with Gasteiger partial charge in [0.1, 0.15) is 0 Å². The van der Waals surface area contributed by atoms with E-state index in [4.69, 9.17) is 22.2 Å². The lowest BCUT2D eigenvalue weighted by Gasteiger charge is -2.12. The molecule has 77 valence electrons. The van der Waals surface area contributed by atoms with E-state index in [0.29, 0.717) is 5.92 Å². The molecule has 0 amide bonds. The van der Waals surface area contributed by atoms with Crippen LogP contribution in [0.4, 0.5) is 0 Å². The van der Waals surface area contributed by atoms with Gasteiger partial charge < -0.3 is 0 Å². The summed E-state index contributed by atoms with van der Waals surface area (Å²) in [6.07, 6.45) is 2.28. The minimum absolute atomic E-state index is 0.700. The molecular weight excluding hydrogens is 231 g/mol. The highest BCUT2D eigenvalue weighted by Crippen LogP contribution is 2.12. The maximum atomic E-state index is 6.00. The summed E-state index contributed by atoms with van der Waals surface area (Å²) < 4.78 is 0. The van der Waals surface area contributed by atoms with Crippen molar-refractivity contribution in [2.45, 2.75) is 26.7 Å². The molecule has 0 aliphatic rings.